The van der Waals surface area contributed by atoms with Crippen molar-refractivity contribution >= 4 is 29.3 Å². The fraction of sp³-hybridized carbons (Fsp3) is 0.320. The number of nitrogens with zero attached hydrogens (tertiary/aromatic N) is 5. The van der Waals surface area contributed by atoms with Crippen LogP contribution in [0.5, 0.6) is 11.5 Å². The summed E-state index contributed by atoms with van der Waals surface area (Å²) < 4.78 is 16.2. The summed E-state index contributed by atoms with van der Waals surface area (Å²) in [5, 5.41) is 0. The van der Waals surface area contributed by atoms with Crippen molar-refractivity contribution in [2.45, 2.75) is 12.2 Å². The normalized spacial score (nSPS) is 21.1. The summed E-state index contributed by atoms with van der Waals surface area (Å²) >= 11 is 0. The second kappa shape index (κ2) is 8.95. The number of hydrogen-bond donors (Lipinski definition) is 0. The van der Waals surface area contributed by atoms with Gasteiger partial charge in [0.05, 0.1) is 38.8 Å². The van der Waals surface area contributed by atoms with Gasteiger partial charge in [-0.2, -0.15) is 0 Å². The minimum absolute atomic E-state index is 0.177. The minimum atomic E-state index is -0.683. The van der Waals surface area contributed by atoms with Crippen molar-refractivity contribution < 1.29 is 23.8 Å². The molecule has 0 radical (unpaired) electrons. The topological polar surface area (TPSA) is 87.2 Å². The molecule has 3 aliphatic heterocycles. The molecule has 0 aliphatic carbocycles. The average Bonchev–Trinajstić information content (AvgIpc) is 3.44. The Balaban J connectivity index is 1.62. The van der Waals surface area contributed by atoms with Crippen LogP contribution >= 0.6 is 0 Å². The van der Waals surface area contributed by atoms with Crippen molar-refractivity contribution in [3.8, 4) is 11.5 Å². The van der Waals surface area contributed by atoms with Crippen LogP contribution in [-0.2, 0) is 9.53 Å². The maximum absolute atomic E-state index is 13.5. The standard InChI is InChI=1S/C25H27N5O5/c1-27-22-21(23(31)28(25(27)32)12-13-33-2)29-15-19(16-8-6-5-7-9-16)30(24(29)26-22)18-11-10-17(34-3)14-20(18)35-4/h5-11,14-15,21-22H,12-13H2,1-4H3. The van der Waals surface area contributed by atoms with E-state index >= 15 is 0 Å². The largest absolute Gasteiger partial charge is 0.497 e. The van der Waals surface area contributed by atoms with Crippen LogP contribution in [-0.4, -0.2) is 86.3 Å². The van der Waals surface area contributed by atoms with Crippen LogP contribution in [0.2, 0.25) is 0 Å². The highest BCUT2D eigenvalue weighted by Crippen LogP contribution is 2.43. The molecule has 0 bridgehead atoms. The summed E-state index contributed by atoms with van der Waals surface area (Å²) in [6, 6.07) is 14.3. The molecule has 5 rings (SSSR count). The molecule has 2 unspecified atom stereocenters. The van der Waals surface area contributed by atoms with Gasteiger partial charge in [-0.1, -0.05) is 30.3 Å². The number of imide groups is 1. The predicted octanol–water partition coefficient (Wildman–Crippen LogP) is 2.43. The fourth-order valence-electron chi connectivity index (χ4n) is 4.64. The van der Waals surface area contributed by atoms with Gasteiger partial charge >= 0.3 is 6.03 Å². The lowest BCUT2D eigenvalue weighted by Crippen LogP contribution is -2.64. The van der Waals surface area contributed by atoms with Crippen molar-refractivity contribution in [2.75, 3.05) is 46.4 Å². The highest BCUT2D eigenvalue weighted by Gasteiger charge is 2.55. The Kier molecular flexibility index (Phi) is 5.81. The second-order valence-electron chi connectivity index (χ2n) is 8.32. The molecule has 3 amide bonds. The summed E-state index contributed by atoms with van der Waals surface area (Å²) in [5.41, 5.74) is 2.52. The number of anilines is 1. The van der Waals surface area contributed by atoms with E-state index in [9.17, 15) is 9.59 Å². The first-order valence-corrected chi connectivity index (χ1v) is 11.2. The van der Waals surface area contributed by atoms with Crippen LogP contribution in [0, 0.1) is 0 Å². The number of benzene rings is 2. The van der Waals surface area contributed by atoms with Gasteiger partial charge in [0.1, 0.15) is 11.5 Å². The third-order valence-corrected chi connectivity index (χ3v) is 6.43. The van der Waals surface area contributed by atoms with E-state index in [-0.39, 0.29) is 25.1 Å². The third-order valence-electron chi connectivity index (χ3n) is 6.43. The number of amides is 3. The molecule has 10 heteroatoms. The van der Waals surface area contributed by atoms with Crippen molar-refractivity contribution in [2.24, 2.45) is 4.99 Å². The molecule has 35 heavy (non-hydrogen) atoms. The number of hydrogen-bond acceptors (Lipinski definition) is 8. The molecule has 182 valence electrons. The molecule has 10 nitrogen and oxygen atoms in total. The molecule has 0 saturated carbocycles. The Morgan fingerprint density at radius 3 is 2.46 bits per heavy atom. The lowest BCUT2D eigenvalue weighted by molar-refractivity contribution is -0.137. The van der Waals surface area contributed by atoms with Crippen molar-refractivity contribution in [3.05, 3.63) is 60.3 Å². The number of ether oxygens (including phenoxy) is 3. The van der Waals surface area contributed by atoms with Crippen LogP contribution in [0.4, 0.5) is 10.5 Å². The summed E-state index contributed by atoms with van der Waals surface area (Å²) in [6.45, 7) is 0.437. The monoisotopic (exact) mass is 477 g/mol. The number of methoxy groups -OCH3 is 3. The van der Waals surface area contributed by atoms with Crippen LogP contribution < -0.4 is 14.4 Å². The van der Waals surface area contributed by atoms with E-state index in [0.717, 1.165) is 16.9 Å². The number of rotatable bonds is 7. The molecule has 0 aromatic heterocycles. The first-order valence-electron chi connectivity index (χ1n) is 11.2. The molecule has 1 saturated heterocycles. The van der Waals surface area contributed by atoms with Gasteiger partial charge < -0.3 is 19.1 Å². The second-order valence-corrected chi connectivity index (χ2v) is 8.32. The van der Waals surface area contributed by atoms with E-state index in [1.807, 2.05) is 58.5 Å². The van der Waals surface area contributed by atoms with Crippen molar-refractivity contribution in [3.63, 3.8) is 0 Å². The number of carbonyl (C=O) groups excluding carboxylic acids is 2. The zero-order chi connectivity index (χ0) is 24.7. The Labute approximate surface area is 203 Å². The Hall–Kier alpha value is -4.05. The van der Waals surface area contributed by atoms with Gasteiger partial charge in [-0.3, -0.25) is 19.5 Å². The van der Waals surface area contributed by atoms with E-state index in [1.54, 1.807) is 27.3 Å². The quantitative estimate of drug-likeness (QED) is 0.605. The van der Waals surface area contributed by atoms with Crippen LogP contribution in [0.1, 0.15) is 5.56 Å². The molecule has 3 aliphatic rings. The van der Waals surface area contributed by atoms with Crippen LogP contribution in [0.25, 0.3) is 5.70 Å². The van der Waals surface area contributed by atoms with E-state index < -0.39 is 12.2 Å². The lowest BCUT2D eigenvalue weighted by Gasteiger charge is -2.40. The SMILES string of the molecule is COCCN1C(=O)C2C(N=C3N(c4ccc(OC)cc4OC)C(c4ccccc4)=CN32)N(C)C1=O. The highest BCUT2D eigenvalue weighted by molar-refractivity contribution is 6.16. The van der Waals surface area contributed by atoms with Gasteiger partial charge in [0.25, 0.3) is 5.91 Å². The van der Waals surface area contributed by atoms with Crippen LogP contribution in [0.15, 0.2) is 59.7 Å². The average molecular weight is 478 g/mol. The molecule has 2 atom stereocenters. The smallest absolute Gasteiger partial charge is 0.328 e. The van der Waals surface area contributed by atoms with Gasteiger partial charge in [0.15, 0.2) is 12.2 Å². The summed E-state index contributed by atoms with van der Waals surface area (Å²) in [7, 11) is 6.40. The van der Waals surface area contributed by atoms with Gasteiger partial charge in [-0.05, 0) is 12.1 Å². The lowest BCUT2D eigenvalue weighted by atomic mass is 10.1. The number of likely N-dealkylation sites (N-methyl/N-ethyl adjacent to an activating group) is 1. The Morgan fingerprint density at radius 1 is 1.00 bits per heavy atom. The van der Waals surface area contributed by atoms with Gasteiger partial charge in [0.2, 0.25) is 5.96 Å². The number of guanidine groups is 1. The molecule has 3 heterocycles. The van der Waals surface area contributed by atoms with Crippen molar-refractivity contribution in [1.82, 2.24) is 14.7 Å². The summed E-state index contributed by atoms with van der Waals surface area (Å²) in [4.78, 5) is 37.9. The minimum Gasteiger partial charge on any atom is -0.497 e. The number of urea groups is 1. The first-order chi connectivity index (χ1) is 17.0. The van der Waals surface area contributed by atoms with Gasteiger partial charge in [0, 0.05) is 32.0 Å². The van der Waals surface area contributed by atoms with E-state index in [2.05, 4.69) is 0 Å². The molecule has 2 aromatic carbocycles. The zero-order valence-corrected chi connectivity index (χ0v) is 20.0. The predicted molar refractivity (Wildman–Crippen MR) is 130 cm³/mol. The molecular weight excluding hydrogens is 450 g/mol. The van der Waals surface area contributed by atoms with Gasteiger partial charge in [-0.15, -0.1) is 0 Å². The Bertz CT molecular complexity index is 1210. The zero-order valence-electron chi connectivity index (χ0n) is 20.0. The summed E-state index contributed by atoms with van der Waals surface area (Å²) in [6.07, 6.45) is 1.27. The number of aliphatic imine (C=N–C) groups is 1. The summed E-state index contributed by atoms with van der Waals surface area (Å²) in [5.74, 6) is 1.48. The molecule has 2 aromatic rings. The van der Waals surface area contributed by atoms with Crippen LogP contribution in [0.3, 0.4) is 0 Å². The van der Waals surface area contributed by atoms with E-state index in [1.165, 1.54) is 16.9 Å². The van der Waals surface area contributed by atoms with E-state index in [0.29, 0.717) is 17.5 Å². The molecule has 0 spiro atoms. The fourth-order valence-corrected chi connectivity index (χ4v) is 4.64. The molecule has 0 N–H and O–H groups in total. The molecule has 1 fully saturated rings. The molecular formula is C25H27N5O5. The highest BCUT2D eigenvalue weighted by atomic mass is 16.5. The Morgan fingerprint density at radius 2 is 1.77 bits per heavy atom. The van der Waals surface area contributed by atoms with Gasteiger partial charge in [-0.25, -0.2) is 9.79 Å². The maximum Gasteiger partial charge on any atom is 0.328 e. The maximum atomic E-state index is 13.5. The van der Waals surface area contributed by atoms with E-state index in [4.69, 9.17) is 19.2 Å². The number of fused-ring (bicyclic) bond motifs is 3. The third kappa shape index (κ3) is 3.57. The first kappa shape index (κ1) is 22.7. The number of carbonyl (C=O) groups is 2. The van der Waals surface area contributed by atoms with Crippen molar-refractivity contribution in [1.29, 1.82) is 0 Å².